The number of H-pyrrole nitrogens is 1. The maximum Gasteiger partial charge on any atom is 0.181 e. The molecule has 0 spiro atoms. The van der Waals surface area contributed by atoms with Gasteiger partial charge in [-0.15, -0.1) is 0 Å². The van der Waals surface area contributed by atoms with Crippen molar-refractivity contribution in [3.63, 3.8) is 0 Å². The second-order valence-corrected chi connectivity index (χ2v) is 7.05. The molecule has 1 N–H and O–H groups in total. The first-order valence-electron chi connectivity index (χ1n) is 7.47. The van der Waals surface area contributed by atoms with Gasteiger partial charge in [0, 0.05) is 17.3 Å². The van der Waals surface area contributed by atoms with Gasteiger partial charge in [-0.05, 0) is 44.1 Å². The Balaban J connectivity index is 1.98. The van der Waals surface area contributed by atoms with Gasteiger partial charge in [-0.2, -0.15) is 0 Å². The average molecular weight is 328 g/mol. The molecule has 3 aromatic rings. The van der Waals surface area contributed by atoms with Crippen molar-refractivity contribution in [2.24, 2.45) is 0 Å². The van der Waals surface area contributed by atoms with Crippen molar-refractivity contribution in [1.82, 2.24) is 9.97 Å². The van der Waals surface area contributed by atoms with E-state index in [0.717, 1.165) is 44.1 Å². The van der Waals surface area contributed by atoms with Crippen LogP contribution in [0.1, 0.15) is 22.5 Å². The molecule has 0 aliphatic heterocycles. The van der Waals surface area contributed by atoms with Gasteiger partial charge in [-0.1, -0.05) is 12.1 Å². The van der Waals surface area contributed by atoms with E-state index in [4.69, 9.17) is 4.74 Å². The zero-order valence-electron chi connectivity index (χ0n) is 13.8. The number of hydrogen-bond acceptors (Lipinski definition) is 3. The standard InChI is InChI=1S/C18H20N2O2S/c1-11-9-19-16(12(2)17(11)22-4)10-23(21)18-13(3)20-15-8-6-5-7-14(15)18/h5-9,20H,10H2,1-4H3. The van der Waals surface area contributed by atoms with Crippen LogP contribution in [-0.2, 0) is 16.9 Å². The number of rotatable bonds is 4. The van der Waals surface area contributed by atoms with Crippen molar-refractivity contribution in [1.29, 1.82) is 0 Å². The zero-order chi connectivity index (χ0) is 16.6. The molecule has 0 fully saturated rings. The lowest BCUT2D eigenvalue weighted by Gasteiger charge is -2.14. The second kappa shape index (κ2) is 6.26. The molecule has 1 aromatic carbocycles. The normalized spacial score (nSPS) is 12.6. The van der Waals surface area contributed by atoms with Crippen molar-refractivity contribution in [3.8, 4) is 5.75 Å². The van der Waals surface area contributed by atoms with E-state index in [1.54, 1.807) is 13.3 Å². The first kappa shape index (κ1) is 15.9. The molecule has 4 nitrogen and oxygen atoms in total. The third kappa shape index (κ3) is 2.82. The maximum absolute atomic E-state index is 13.0. The van der Waals surface area contributed by atoms with Crippen LogP contribution in [0.15, 0.2) is 35.4 Å². The topological polar surface area (TPSA) is 61.0 Å². The van der Waals surface area contributed by atoms with Crippen LogP contribution < -0.4 is 4.74 Å². The molecular formula is C18H20N2O2S. The summed E-state index contributed by atoms with van der Waals surface area (Å²) in [4.78, 5) is 8.63. The van der Waals surface area contributed by atoms with Gasteiger partial charge in [0.05, 0.1) is 29.4 Å². The summed E-state index contributed by atoms with van der Waals surface area (Å²) in [5.74, 6) is 1.20. The van der Waals surface area contributed by atoms with Crippen molar-refractivity contribution in [3.05, 3.63) is 53.0 Å². The number of nitrogens with zero attached hydrogens (tertiary/aromatic N) is 1. The Morgan fingerprint density at radius 2 is 1.96 bits per heavy atom. The molecular weight excluding hydrogens is 308 g/mol. The Bertz CT molecular complexity index is 858. The minimum atomic E-state index is -1.17. The highest BCUT2D eigenvalue weighted by Crippen LogP contribution is 2.31. The van der Waals surface area contributed by atoms with Gasteiger partial charge in [-0.3, -0.25) is 4.98 Å². The van der Waals surface area contributed by atoms with Gasteiger partial charge in [0.15, 0.2) is 10.6 Å². The van der Waals surface area contributed by atoms with Gasteiger partial charge < -0.3 is 14.3 Å². The Morgan fingerprint density at radius 1 is 1.22 bits per heavy atom. The molecule has 3 rings (SSSR count). The van der Waals surface area contributed by atoms with Gasteiger partial charge >= 0.3 is 0 Å². The van der Waals surface area contributed by atoms with Crippen LogP contribution >= 0.6 is 0 Å². The molecule has 0 aliphatic rings. The van der Waals surface area contributed by atoms with Gasteiger partial charge in [0.1, 0.15) is 5.75 Å². The SMILES string of the molecule is COc1c(C)cnc(C[S+]([O-])c2c(C)[nH]c3ccccc23)c1C. The Morgan fingerprint density at radius 3 is 2.70 bits per heavy atom. The van der Waals surface area contributed by atoms with E-state index >= 15 is 0 Å². The first-order chi connectivity index (χ1) is 11.0. The Kier molecular flexibility index (Phi) is 4.33. The molecule has 5 heteroatoms. The average Bonchev–Trinajstić information content (AvgIpc) is 2.86. The number of ether oxygens (including phenoxy) is 1. The van der Waals surface area contributed by atoms with E-state index in [1.165, 1.54) is 0 Å². The van der Waals surface area contributed by atoms with E-state index in [-0.39, 0.29) is 0 Å². The van der Waals surface area contributed by atoms with E-state index < -0.39 is 11.2 Å². The summed E-state index contributed by atoms with van der Waals surface area (Å²) in [6.45, 7) is 5.89. The van der Waals surface area contributed by atoms with Crippen LogP contribution in [0, 0.1) is 20.8 Å². The maximum atomic E-state index is 13.0. The minimum Gasteiger partial charge on any atom is -0.611 e. The number of hydrogen-bond donors (Lipinski definition) is 1. The molecule has 2 aromatic heterocycles. The van der Waals surface area contributed by atoms with E-state index in [2.05, 4.69) is 9.97 Å². The minimum absolute atomic E-state index is 0.380. The molecule has 0 saturated carbocycles. The molecule has 1 unspecified atom stereocenters. The molecule has 0 amide bonds. The van der Waals surface area contributed by atoms with Crippen LogP contribution in [0.25, 0.3) is 10.9 Å². The van der Waals surface area contributed by atoms with Crippen molar-refractivity contribution in [2.45, 2.75) is 31.4 Å². The van der Waals surface area contributed by atoms with Crippen molar-refractivity contribution >= 4 is 22.1 Å². The van der Waals surface area contributed by atoms with Gasteiger partial charge in [-0.25, -0.2) is 0 Å². The monoisotopic (exact) mass is 328 g/mol. The van der Waals surface area contributed by atoms with Gasteiger partial charge in [0.25, 0.3) is 0 Å². The largest absolute Gasteiger partial charge is 0.611 e. The smallest absolute Gasteiger partial charge is 0.181 e. The molecule has 0 bridgehead atoms. The third-order valence-electron chi connectivity index (χ3n) is 4.08. The van der Waals surface area contributed by atoms with Crippen LogP contribution in [0.5, 0.6) is 5.75 Å². The predicted octanol–water partition coefficient (Wildman–Crippen LogP) is 3.80. The lowest BCUT2D eigenvalue weighted by atomic mass is 10.1. The molecule has 2 heterocycles. The number of benzene rings is 1. The molecule has 0 aliphatic carbocycles. The molecule has 1 atom stereocenters. The number of fused-ring (bicyclic) bond motifs is 1. The van der Waals surface area contributed by atoms with Gasteiger partial charge in [0.2, 0.25) is 0 Å². The summed E-state index contributed by atoms with van der Waals surface area (Å²) < 4.78 is 18.4. The van der Waals surface area contributed by atoms with Crippen LogP contribution in [0.2, 0.25) is 0 Å². The lowest BCUT2D eigenvalue weighted by molar-refractivity contribution is 0.407. The van der Waals surface area contributed by atoms with E-state index in [1.807, 2.05) is 45.0 Å². The summed E-state index contributed by atoms with van der Waals surface area (Å²) in [5.41, 5.74) is 4.72. The summed E-state index contributed by atoms with van der Waals surface area (Å²) in [6, 6.07) is 7.94. The fourth-order valence-electron chi connectivity index (χ4n) is 2.96. The summed E-state index contributed by atoms with van der Waals surface area (Å²) in [5, 5.41) is 1.01. The van der Waals surface area contributed by atoms with Crippen molar-refractivity contribution < 1.29 is 9.29 Å². The van der Waals surface area contributed by atoms with E-state index in [9.17, 15) is 4.55 Å². The lowest BCUT2D eigenvalue weighted by Crippen LogP contribution is -2.10. The zero-order valence-corrected chi connectivity index (χ0v) is 14.6. The highest BCUT2D eigenvalue weighted by Gasteiger charge is 2.23. The highest BCUT2D eigenvalue weighted by atomic mass is 32.2. The molecule has 120 valence electrons. The fourth-order valence-corrected chi connectivity index (χ4v) is 4.46. The number of para-hydroxylation sites is 1. The number of aromatic nitrogens is 2. The molecule has 23 heavy (non-hydrogen) atoms. The fraction of sp³-hybridized carbons (Fsp3) is 0.278. The van der Waals surface area contributed by atoms with Crippen molar-refractivity contribution in [2.75, 3.05) is 7.11 Å². The molecule has 0 saturated heterocycles. The second-order valence-electron chi connectivity index (χ2n) is 5.66. The van der Waals surface area contributed by atoms with Crippen LogP contribution in [0.4, 0.5) is 0 Å². The van der Waals surface area contributed by atoms with E-state index in [0.29, 0.717) is 5.75 Å². The predicted molar refractivity (Wildman–Crippen MR) is 93.4 cm³/mol. The third-order valence-corrected chi connectivity index (χ3v) is 5.60. The van der Waals surface area contributed by atoms with Crippen LogP contribution in [0.3, 0.4) is 0 Å². The summed E-state index contributed by atoms with van der Waals surface area (Å²) in [7, 11) is 1.65. The number of aromatic amines is 1. The Labute approximate surface area is 139 Å². The number of methoxy groups -OCH3 is 1. The number of aryl methyl sites for hydroxylation is 2. The first-order valence-corrected chi connectivity index (χ1v) is 8.79. The quantitative estimate of drug-likeness (QED) is 0.741. The summed E-state index contributed by atoms with van der Waals surface area (Å²) >= 11 is -1.17. The number of pyridine rings is 1. The van der Waals surface area contributed by atoms with Crippen LogP contribution in [-0.4, -0.2) is 21.6 Å². The summed E-state index contributed by atoms with van der Waals surface area (Å²) in [6.07, 6.45) is 1.78. The molecule has 0 radical (unpaired) electrons. The highest BCUT2D eigenvalue weighted by molar-refractivity contribution is 7.91. The Hall–Kier alpha value is -1.98. The number of nitrogens with one attached hydrogen (secondary N) is 1.